The fourth-order valence-corrected chi connectivity index (χ4v) is 5.38. The van der Waals surface area contributed by atoms with Gasteiger partial charge in [-0.15, -0.1) is 11.3 Å². The smallest absolute Gasteiger partial charge is 0.337 e. The first-order valence-electron chi connectivity index (χ1n) is 9.53. The van der Waals surface area contributed by atoms with Crippen LogP contribution in [0.3, 0.4) is 0 Å². The van der Waals surface area contributed by atoms with Gasteiger partial charge in [-0.3, -0.25) is 0 Å². The molecule has 0 atom stereocenters. The number of aromatic nitrogens is 2. The highest BCUT2D eigenvalue weighted by atomic mass is 32.2. The number of hydrogen-bond acceptors (Lipinski definition) is 6. The van der Waals surface area contributed by atoms with Gasteiger partial charge in [0.05, 0.1) is 27.8 Å². The summed E-state index contributed by atoms with van der Waals surface area (Å²) in [6.45, 7) is 4.04. The molecule has 0 N–H and O–H groups in total. The second-order valence-corrected chi connectivity index (χ2v) is 9.19. The first-order chi connectivity index (χ1) is 15.0. The number of fused-ring (bicyclic) bond motifs is 1. The highest BCUT2D eigenvalue weighted by molar-refractivity contribution is 8.05. The molecule has 0 saturated heterocycles. The summed E-state index contributed by atoms with van der Waals surface area (Å²) in [5, 5.41) is 9.70. The lowest BCUT2D eigenvalue weighted by Crippen LogP contribution is -2.03. The molecule has 7 heteroatoms. The molecule has 0 aliphatic carbocycles. The summed E-state index contributed by atoms with van der Waals surface area (Å²) >= 11 is 2.97. The Morgan fingerprint density at radius 3 is 2.61 bits per heavy atom. The molecule has 0 aliphatic heterocycles. The number of nitrogens with zero attached hydrogens (tertiary/aromatic N) is 3. The van der Waals surface area contributed by atoms with Crippen LogP contribution in [-0.4, -0.2) is 22.6 Å². The maximum absolute atomic E-state index is 11.7. The Bertz CT molecular complexity index is 1310. The van der Waals surface area contributed by atoms with E-state index >= 15 is 0 Å². The second-order valence-electron chi connectivity index (χ2n) is 6.87. The van der Waals surface area contributed by atoms with Gasteiger partial charge in [-0.1, -0.05) is 12.1 Å². The summed E-state index contributed by atoms with van der Waals surface area (Å²) < 4.78 is 8.82. The van der Waals surface area contributed by atoms with Gasteiger partial charge in [0, 0.05) is 17.1 Å². The molecular weight excluding hydrogens is 426 g/mol. The van der Waals surface area contributed by atoms with Crippen molar-refractivity contribution >= 4 is 45.4 Å². The zero-order valence-corrected chi connectivity index (χ0v) is 18.9. The molecule has 0 aliphatic rings. The van der Waals surface area contributed by atoms with Crippen molar-refractivity contribution in [3.05, 3.63) is 82.0 Å². The molecule has 0 saturated carbocycles. The highest BCUT2D eigenvalue weighted by Gasteiger charge is 2.13. The number of thioether (sulfide) groups is 1. The van der Waals surface area contributed by atoms with Crippen LogP contribution in [0.2, 0.25) is 0 Å². The van der Waals surface area contributed by atoms with Gasteiger partial charge in [-0.05, 0) is 79.7 Å². The average molecular weight is 446 g/mol. The minimum atomic E-state index is -0.360. The van der Waals surface area contributed by atoms with Crippen LogP contribution in [0.5, 0.6) is 0 Å². The van der Waals surface area contributed by atoms with Gasteiger partial charge in [-0.2, -0.15) is 5.26 Å². The minimum Gasteiger partial charge on any atom is -0.465 e. The summed E-state index contributed by atoms with van der Waals surface area (Å²) in [7, 11) is 1.37. The van der Waals surface area contributed by atoms with Crippen LogP contribution >= 0.6 is 23.1 Å². The minimum absolute atomic E-state index is 0.360. The van der Waals surface area contributed by atoms with E-state index in [1.54, 1.807) is 23.5 Å². The van der Waals surface area contributed by atoms with E-state index in [0.29, 0.717) is 10.5 Å². The van der Waals surface area contributed by atoms with Crippen LogP contribution in [0.4, 0.5) is 0 Å². The summed E-state index contributed by atoms with van der Waals surface area (Å²) in [5.74, 6) is -0.360. The Labute approximate surface area is 188 Å². The van der Waals surface area contributed by atoms with Crippen molar-refractivity contribution in [3.8, 4) is 11.8 Å². The molecule has 154 valence electrons. The van der Waals surface area contributed by atoms with Gasteiger partial charge >= 0.3 is 5.97 Å². The van der Waals surface area contributed by atoms with E-state index < -0.39 is 0 Å². The molecule has 0 radical (unpaired) electrons. The van der Waals surface area contributed by atoms with Gasteiger partial charge in [0.25, 0.3) is 0 Å². The van der Waals surface area contributed by atoms with E-state index in [-0.39, 0.29) is 5.97 Å². The number of thiazole rings is 1. The number of nitriles is 1. The van der Waals surface area contributed by atoms with E-state index in [1.165, 1.54) is 18.9 Å². The fourth-order valence-electron chi connectivity index (χ4n) is 3.41. The number of para-hydroxylation sites is 1. The van der Waals surface area contributed by atoms with E-state index in [2.05, 4.69) is 21.7 Å². The van der Waals surface area contributed by atoms with Crippen LogP contribution in [0.25, 0.3) is 22.0 Å². The maximum atomic E-state index is 11.7. The molecule has 31 heavy (non-hydrogen) atoms. The number of methoxy groups -OCH3 is 1. The molecule has 0 amide bonds. The van der Waals surface area contributed by atoms with Crippen molar-refractivity contribution in [1.82, 2.24) is 9.55 Å². The third kappa shape index (κ3) is 4.26. The number of ether oxygens (including phenoxy) is 1. The molecule has 0 fully saturated rings. The zero-order chi connectivity index (χ0) is 22.0. The Kier molecular flexibility index (Phi) is 5.94. The molecular formula is C24H19N3O2S2. The van der Waals surface area contributed by atoms with Gasteiger partial charge < -0.3 is 9.30 Å². The molecule has 0 bridgehead atoms. The Morgan fingerprint density at radius 1 is 1.19 bits per heavy atom. The van der Waals surface area contributed by atoms with Crippen LogP contribution in [0.1, 0.15) is 27.3 Å². The molecule has 2 heterocycles. The molecule has 4 rings (SSSR count). The second kappa shape index (κ2) is 8.80. The molecule has 0 spiro atoms. The van der Waals surface area contributed by atoms with Crippen LogP contribution in [0, 0.1) is 25.2 Å². The molecule has 0 unspecified atom stereocenters. The van der Waals surface area contributed by atoms with E-state index in [9.17, 15) is 10.1 Å². The topological polar surface area (TPSA) is 67.9 Å². The van der Waals surface area contributed by atoms with Crippen molar-refractivity contribution in [2.75, 3.05) is 7.11 Å². The van der Waals surface area contributed by atoms with Gasteiger partial charge in [-0.25, -0.2) is 9.78 Å². The number of allylic oxidation sites excluding steroid dienone is 1. The van der Waals surface area contributed by atoms with Gasteiger partial charge in [0.15, 0.2) is 4.34 Å². The lowest BCUT2D eigenvalue weighted by atomic mass is 10.2. The number of hydrogen-bond donors (Lipinski definition) is 0. The first-order valence-corrected chi connectivity index (χ1v) is 11.2. The van der Waals surface area contributed by atoms with E-state index in [1.807, 2.05) is 56.3 Å². The number of carbonyl (C=O) groups excluding carboxylic acids is 1. The SMILES string of the molecule is COC(=O)c1ccc(-n2c(C)cc(C=C(C#N)Sc3nc4ccccc4s3)c2C)cc1. The van der Waals surface area contributed by atoms with Crippen molar-refractivity contribution in [1.29, 1.82) is 5.26 Å². The maximum Gasteiger partial charge on any atom is 0.337 e. The first kappa shape index (κ1) is 20.9. The largest absolute Gasteiger partial charge is 0.465 e. The van der Waals surface area contributed by atoms with Gasteiger partial charge in [0.1, 0.15) is 6.07 Å². The Hall–Kier alpha value is -3.34. The van der Waals surface area contributed by atoms with Crippen molar-refractivity contribution < 1.29 is 9.53 Å². The lowest BCUT2D eigenvalue weighted by Gasteiger charge is -2.10. The normalized spacial score (nSPS) is 11.5. The monoisotopic (exact) mass is 445 g/mol. The molecule has 5 nitrogen and oxygen atoms in total. The average Bonchev–Trinajstić information content (AvgIpc) is 3.32. The number of rotatable bonds is 5. The quantitative estimate of drug-likeness (QED) is 0.209. The standard InChI is InChI=1S/C24H19N3O2S2/c1-15-12-18(16(2)27(15)19-10-8-17(9-11-19)23(28)29-3)13-20(14-25)30-24-26-21-6-4-5-7-22(21)31-24/h4-13H,1-3H3. The Balaban J connectivity index is 1.64. The van der Waals surface area contributed by atoms with E-state index in [4.69, 9.17) is 4.74 Å². The predicted octanol–water partition coefficient (Wildman–Crippen LogP) is 6.15. The lowest BCUT2D eigenvalue weighted by molar-refractivity contribution is 0.0600. The van der Waals surface area contributed by atoms with Gasteiger partial charge in [0.2, 0.25) is 0 Å². The third-order valence-corrected chi connectivity index (χ3v) is 6.91. The van der Waals surface area contributed by atoms with Crippen molar-refractivity contribution in [3.63, 3.8) is 0 Å². The van der Waals surface area contributed by atoms with Crippen molar-refractivity contribution in [2.24, 2.45) is 0 Å². The van der Waals surface area contributed by atoms with Crippen LogP contribution in [-0.2, 0) is 4.74 Å². The highest BCUT2D eigenvalue weighted by Crippen LogP contribution is 2.35. The van der Waals surface area contributed by atoms with Crippen molar-refractivity contribution in [2.45, 2.75) is 18.2 Å². The summed E-state index contributed by atoms with van der Waals surface area (Å²) in [5.41, 5.74) is 5.42. The number of carbonyl (C=O) groups is 1. The summed E-state index contributed by atoms with van der Waals surface area (Å²) in [6.07, 6.45) is 1.90. The summed E-state index contributed by atoms with van der Waals surface area (Å²) in [4.78, 5) is 16.9. The van der Waals surface area contributed by atoms with Crippen LogP contribution < -0.4 is 0 Å². The van der Waals surface area contributed by atoms with Crippen LogP contribution in [0.15, 0.2) is 63.8 Å². The molecule has 4 aromatic rings. The fraction of sp³-hybridized carbons (Fsp3) is 0.125. The van der Waals surface area contributed by atoms with E-state index in [0.717, 1.165) is 37.2 Å². The predicted molar refractivity (Wildman–Crippen MR) is 126 cm³/mol. The number of esters is 1. The molecule has 2 aromatic carbocycles. The Morgan fingerprint density at radius 2 is 1.94 bits per heavy atom. The third-order valence-electron chi connectivity index (χ3n) is 4.89. The number of benzene rings is 2. The summed E-state index contributed by atoms with van der Waals surface area (Å²) in [6, 6.07) is 19.6. The zero-order valence-electron chi connectivity index (χ0n) is 17.2. The molecule has 2 aromatic heterocycles. The number of aryl methyl sites for hydroxylation is 1.